The van der Waals surface area contributed by atoms with E-state index in [1.165, 1.54) is 0 Å². The summed E-state index contributed by atoms with van der Waals surface area (Å²) in [6.45, 7) is 7.07. The van der Waals surface area contributed by atoms with Crippen LogP contribution < -0.4 is 14.8 Å². The second kappa shape index (κ2) is 12.9. The number of carbonyl (C=O) groups excluding carboxylic acids is 1. The Hall–Kier alpha value is -3.20. The largest absolute Gasteiger partial charge is 0.494 e. The maximum absolute atomic E-state index is 11.6. The van der Waals surface area contributed by atoms with Crippen LogP contribution in [0.4, 0.5) is 4.79 Å². The molecule has 0 aliphatic rings. The number of thioether (sulfide) groups is 1. The number of nitrogens with zero attached hydrogens (tertiary/aromatic N) is 2. The van der Waals surface area contributed by atoms with Gasteiger partial charge in [0.1, 0.15) is 17.1 Å². The zero-order valence-electron chi connectivity index (χ0n) is 19.8. The summed E-state index contributed by atoms with van der Waals surface area (Å²) in [5, 5.41) is 11.0. The van der Waals surface area contributed by atoms with Crippen molar-refractivity contribution in [2.45, 2.75) is 38.5 Å². The first-order chi connectivity index (χ1) is 16.4. The van der Waals surface area contributed by atoms with Gasteiger partial charge in [0.2, 0.25) is 11.8 Å². The van der Waals surface area contributed by atoms with Crippen LogP contribution in [0.25, 0.3) is 11.5 Å². The minimum absolute atomic E-state index is 0.422. The number of amides is 1. The summed E-state index contributed by atoms with van der Waals surface area (Å²) in [6, 6.07) is 17.2. The van der Waals surface area contributed by atoms with Gasteiger partial charge in [0, 0.05) is 17.9 Å². The highest BCUT2D eigenvalue weighted by Crippen LogP contribution is 2.23. The Morgan fingerprint density at radius 1 is 0.971 bits per heavy atom. The Morgan fingerprint density at radius 2 is 1.68 bits per heavy atom. The Kier molecular flexibility index (Phi) is 9.63. The number of carbonyl (C=O) groups is 1. The first-order valence-electron chi connectivity index (χ1n) is 11.2. The van der Waals surface area contributed by atoms with Crippen molar-refractivity contribution in [1.82, 2.24) is 15.5 Å². The van der Waals surface area contributed by atoms with Crippen molar-refractivity contribution in [2.24, 2.45) is 0 Å². The number of nitrogens with one attached hydrogen (secondary N) is 1. The fourth-order valence-corrected chi connectivity index (χ4v) is 3.42. The molecule has 0 radical (unpaired) electrons. The minimum atomic E-state index is -0.502. The number of ether oxygens (including phenoxy) is 3. The van der Waals surface area contributed by atoms with E-state index < -0.39 is 11.7 Å². The summed E-state index contributed by atoms with van der Waals surface area (Å²) in [7, 11) is 0. The molecule has 2 aromatic carbocycles. The van der Waals surface area contributed by atoms with Crippen LogP contribution in [0.2, 0.25) is 0 Å². The number of alkyl carbamates (subject to hydrolysis) is 1. The van der Waals surface area contributed by atoms with Crippen LogP contribution in [0, 0.1) is 0 Å². The molecular formula is C25H31N3O5S. The number of hydrogen-bond donors (Lipinski definition) is 1. The van der Waals surface area contributed by atoms with E-state index in [1.54, 1.807) is 11.8 Å². The molecule has 34 heavy (non-hydrogen) atoms. The second-order valence-electron chi connectivity index (χ2n) is 8.37. The number of benzene rings is 2. The highest BCUT2D eigenvalue weighted by molar-refractivity contribution is 7.98. The van der Waals surface area contributed by atoms with Crippen LogP contribution in [0.15, 0.2) is 59.0 Å². The summed E-state index contributed by atoms with van der Waals surface area (Å²) in [5.41, 5.74) is 0.327. The van der Waals surface area contributed by atoms with Crippen LogP contribution in [-0.4, -0.2) is 47.4 Å². The van der Waals surface area contributed by atoms with E-state index in [2.05, 4.69) is 15.5 Å². The lowest BCUT2D eigenvalue weighted by molar-refractivity contribution is 0.0525. The molecule has 0 aliphatic heterocycles. The maximum Gasteiger partial charge on any atom is 0.407 e. The third-order valence-corrected chi connectivity index (χ3v) is 5.20. The quantitative estimate of drug-likeness (QED) is 0.343. The van der Waals surface area contributed by atoms with Crippen LogP contribution in [0.1, 0.15) is 33.1 Å². The zero-order valence-corrected chi connectivity index (χ0v) is 20.6. The second-order valence-corrected chi connectivity index (χ2v) is 9.48. The molecule has 0 bridgehead atoms. The summed E-state index contributed by atoms with van der Waals surface area (Å²) < 4.78 is 22.4. The molecule has 1 N–H and O–H groups in total. The summed E-state index contributed by atoms with van der Waals surface area (Å²) >= 11 is 1.68. The van der Waals surface area contributed by atoms with Crippen molar-refractivity contribution in [2.75, 3.05) is 25.5 Å². The monoisotopic (exact) mass is 485 g/mol. The molecular weight excluding hydrogens is 454 g/mol. The van der Waals surface area contributed by atoms with Gasteiger partial charge in [0.15, 0.2) is 0 Å². The first kappa shape index (κ1) is 25.4. The average molecular weight is 486 g/mol. The number of para-hydroxylation sites is 1. The molecule has 3 rings (SSSR count). The van der Waals surface area contributed by atoms with E-state index in [0.29, 0.717) is 43.7 Å². The van der Waals surface area contributed by atoms with E-state index in [1.807, 2.05) is 75.4 Å². The lowest BCUT2D eigenvalue weighted by Crippen LogP contribution is -2.33. The van der Waals surface area contributed by atoms with E-state index in [0.717, 1.165) is 22.8 Å². The van der Waals surface area contributed by atoms with Crippen LogP contribution in [0.3, 0.4) is 0 Å². The Labute approximate surface area is 204 Å². The summed E-state index contributed by atoms with van der Waals surface area (Å²) in [5.74, 6) is 4.11. The van der Waals surface area contributed by atoms with Gasteiger partial charge in [0.05, 0.1) is 19.0 Å². The van der Waals surface area contributed by atoms with Crippen molar-refractivity contribution in [3.8, 4) is 23.0 Å². The zero-order chi connectivity index (χ0) is 24.2. The topological polar surface area (TPSA) is 95.7 Å². The molecule has 0 saturated heterocycles. The van der Waals surface area contributed by atoms with Crippen LogP contribution in [-0.2, 0) is 10.5 Å². The Morgan fingerprint density at radius 3 is 2.41 bits per heavy atom. The summed E-state index contributed by atoms with van der Waals surface area (Å²) in [4.78, 5) is 11.6. The molecule has 0 spiro atoms. The molecule has 182 valence electrons. The van der Waals surface area contributed by atoms with Gasteiger partial charge in [0.25, 0.3) is 0 Å². The minimum Gasteiger partial charge on any atom is -0.494 e. The van der Waals surface area contributed by atoms with Gasteiger partial charge >= 0.3 is 6.09 Å². The molecule has 0 aliphatic carbocycles. The molecule has 0 atom stereocenters. The standard InChI is InChI=1S/C25H31N3O5S/c1-25(2,3)33-24(29)26-14-7-15-30-21-12-10-19(11-13-21)23-28-27-22(32-23)18-34-17-16-31-20-8-5-4-6-9-20/h4-6,8-13H,7,14-18H2,1-3H3,(H,26,29). The first-order valence-corrected chi connectivity index (χ1v) is 12.3. The molecule has 3 aromatic rings. The SMILES string of the molecule is CC(C)(C)OC(=O)NCCCOc1ccc(-c2nnc(CSCCOc3ccccc3)o2)cc1. The van der Waals surface area contributed by atoms with Gasteiger partial charge < -0.3 is 23.9 Å². The van der Waals surface area contributed by atoms with Gasteiger partial charge in [-0.05, 0) is 63.6 Å². The fraction of sp³-hybridized carbons (Fsp3) is 0.400. The van der Waals surface area contributed by atoms with E-state index in [9.17, 15) is 4.79 Å². The van der Waals surface area contributed by atoms with Crippen molar-refractivity contribution < 1.29 is 23.4 Å². The fourth-order valence-electron chi connectivity index (χ4n) is 2.78. The van der Waals surface area contributed by atoms with Crippen LogP contribution in [0.5, 0.6) is 11.5 Å². The molecule has 9 heteroatoms. The molecule has 0 fully saturated rings. The van der Waals surface area contributed by atoms with E-state index in [4.69, 9.17) is 18.6 Å². The highest BCUT2D eigenvalue weighted by Gasteiger charge is 2.15. The van der Waals surface area contributed by atoms with Gasteiger partial charge in [-0.15, -0.1) is 22.0 Å². The van der Waals surface area contributed by atoms with Crippen molar-refractivity contribution in [3.63, 3.8) is 0 Å². The van der Waals surface area contributed by atoms with Gasteiger partial charge in [-0.3, -0.25) is 0 Å². The van der Waals surface area contributed by atoms with Gasteiger partial charge in [-0.25, -0.2) is 4.79 Å². The number of hydrogen-bond acceptors (Lipinski definition) is 8. The predicted octanol–water partition coefficient (Wildman–Crippen LogP) is 5.34. The van der Waals surface area contributed by atoms with Crippen LogP contribution >= 0.6 is 11.8 Å². The molecule has 1 heterocycles. The van der Waals surface area contributed by atoms with Crippen molar-refractivity contribution >= 4 is 17.9 Å². The normalized spacial score (nSPS) is 11.1. The van der Waals surface area contributed by atoms with E-state index in [-0.39, 0.29) is 0 Å². The van der Waals surface area contributed by atoms with Gasteiger partial charge in [-0.2, -0.15) is 0 Å². The van der Waals surface area contributed by atoms with Gasteiger partial charge in [-0.1, -0.05) is 18.2 Å². The molecule has 0 unspecified atom stereocenters. The number of aromatic nitrogens is 2. The smallest absolute Gasteiger partial charge is 0.407 e. The summed E-state index contributed by atoms with van der Waals surface area (Å²) in [6.07, 6.45) is 0.247. The van der Waals surface area contributed by atoms with Crippen molar-refractivity contribution in [1.29, 1.82) is 0 Å². The third-order valence-electron chi connectivity index (χ3n) is 4.29. The molecule has 0 saturated carbocycles. The van der Waals surface area contributed by atoms with E-state index >= 15 is 0 Å². The van der Waals surface area contributed by atoms with Crippen molar-refractivity contribution in [3.05, 3.63) is 60.5 Å². The lowest BCUT2D eigenvalue weighted by atomic mass is 10.2. The molecule has 8 nitrogen and oxygen atoms in total. The Bertz CT molecular complexity index is 1000. The number of rotatable bonds is 12. The molecule has 1 amide bonds. The maximum atomic E-state index is 11.6. The predicted molar refractivity (Wildman–Crippen MR) is 132 cm³/mol. The third kappa shape index (κ3) is 9.35. The Balaban J connectivity index is 1.32. The highest BCUT2D eigenvalue weighted by atomic mass is 32.2. The molecule has 1 aromatic heterocycles. The average Bonchev–Trinajstić information content (AvgIpc) is 3.27. The lowest BCUT2D eigenvalue weighted by Gasteiger charge is -2.19.